The van der Waals surface area contributed by atoms with E-state index >= 15 is 0 Å². The molecule has 0 aromatic heterocycles. The van der Waals surface area contributed by atoms with Crippen LogP contribution in [0.25, 0.3) is 0 Å². The lowest BCUT2D eigenvalue weighted by atomic mass is 10.2. The Kier molecular flexibility index (Phi) is 7.85. The fourth-order valence-electron chi connectivity index (χ4n) is 1.94. The van der Waals surface area contributed by atoms with E-state index in [1.165, 1.54) is 18.2 Å². The highest BCUT2D eigenvalue weighted by molar-refractivity contribution is 6.37. The fraction of sp³-hybridized carbons (Fsp3) is 0.176. The number of hydrogen-bond donors (Lipinski definition) is 2. The topological polar surface area (TPSA) is 67.4 Å². The number of ether oxygens (including phenoxy) is 1. The molecule has 0 atom stereocenters. The zero-order valence-corrected chi connectivity index (χ0v) is 16.3. The molecule has 2 aromatic carbocycles. The first kappa shape index (κ1) is 20.6. The van der Waals surface area contributed by atoms with Crippen molar-refractivity contribution in [1.29, 1.82) is 0 Å². The van der Waals surface area contributed by atoms with Gasteiger partial charge in [-0.1, -0.05) is 46.4 Å². The van der Waals surface area contributed by atoms with Gasteiger partial charge in [0.2, 0.25) is 5.91 Å². The summed E-state index contributed by atoms with van der Waals surface area (Å²) in [5, 5.41) is 1.51. The van der Waals surface area contributed by atoms with Gasteiger partial charge in [0.1, 0.15) is 5.75 Å². The summed E-state index contributed by atoms with van der Waals surface area (Å²) in [6, 6.07) is 9.33. The van der Waals surface area contributed by atoms with Crippen molar-refractivity contribution in [3.8, 4) is 5.75 Å². The number of nitrogens with one attached hydrogen (secondary N) is 2. The SMILES string of the molecule is O=C(CCCOc1ccc(Cl)cc1Cl)NNC(=O)c1ccc(Cl)cc1Cl. The van der Waals surface area contributed by atoms with Gasteiger partial charge in [0.15, 0.2) is 0 Å². The normalized spacial score (nSPS) is 10.3. The molecule has 0 unspecified atom stereocenters. The van der Waals surface area contributed by atoms with E-state index in [1.807, 2.05) is 0 Å². The summed E-state index contributed by atoms with van der Waals surface area (Å²) in [7, 11) is 0. The molecular weight excluding hydrogens is 422 g/mol. The zero-order valence-electron chi connectivity index (χ0n) is 13.3. The Balaban J connectivity index is 1.71. The van der Waals surface area contributed by atoms with E-state index in [4.69, 9.17) is 51.1 Å². The van der Waals surface area contributed by atoms with Crippen molar-refractivity contribution >= 4 is 58.2 Å². The number of hydrazine groups is 1. The molecule has 0 saturated carbocycles. The van der Waals surface area contributed by atoms with Crippen molar-refractivity contribution in [3.63, 3.8) is 0 Å². The van der Waals surface area contributed by atoms with E-state index in [2.05, 4.69) is 10.9 Å². The van der Waals surface area contributed by atoms with Gasteiger partial charge in [-0.05, 0) is 42.8 Å². The van der Waals surface area contributed by atoms with Crippen LogP contribution in [0, 0.1) is 0 Å². The average molecular weight is 436 g/mol. The van der Waals surface area contributed by atoms with Gasteiger partial charge in [0.25, 0.3) is 5.91 Å². The minimum Gasteiger partial charge on any atom is -0.492 e. The summed E-state index contributed by atoms with van der Waals surface area (Å²) in [6.07, 6.45) is 0.586. The molecule has 2 amide bonds. The van der Waals surface area contributed by atoms with Crippen molar-refractivity contribution < 1.29 is 14.3 Å². The Labute approximate surface area is 170 Å². The minimum absolute atomic E-state index is 0.153. The maximum atomic E-state index is 12.0. The second kappa shape index (κ2) is 9.88. The average Bonchev–Trinajstić information content (AvgIpc) is 2.58. The first-order chi connectivity index (χ1) is 12.4. The second-order valence-electron chi connectivity index (χ2n) is 5.15. The lowest BCUT2D eigenvalue weighted by Crippen LogP contribution is -2.41. The zero-order chi connectivity index (χ0) is 19.1. The highest BCUT2D eigenvalue weighted by Gasteiger charge is 2.11. The Morgan fingerprint density at radius 3 is 2.19 bits per heavy atom. The largest absolute Gasteiger partial charge is 0.492 e. The lowest BCUT2D eigenvalue weighted by molar-refractivity contribution is -0.122. The molecule has 0 fully saturated rings. The van der Waals surface area contributed by atoms with Crippen LogP contribution in [0.2, 0.25) is 20.1 Å². The summed E-state index contributed by atoms with van der Waals surface area (Å²) in [6.45, 7) is 0.283. The summed E-state index contributed by atoms with van der Waals surface area (Å²) in [5.74, 6) is -0.416. The van der Waals surface area contributed by atoms with E-state index in [-0.39, 0.29) is 29.5 Å². The van der Waals surface area contributed by atoms with Crippen LogP contribution < -0.4 is 15.6 Å². The van der Waals surface area contributed by atoms with Crippen molar-refractivity contribution in [1.82, 2.24) is 10.9 Å². The smallest absolute Gasteiger partial charge is 0.271 e. The van der Waals surface area contributed by atoms with Crippen LogP contribution in [0.15, 0.2) is 36.4 Å². The molecule has 2 aromatic rings. The van der Waals surface area contributed by atoms with Crippen LogP contribution in [0.4, 0.5) is 0 Å². The maximum absolute atomic E-state index is 12.0. The highest BCUT2D eigenvalue weighted by atomic mass is 35.5. The molecule has 0 aliphatic heterocycles. The van der Waals surface area contributed by atoms with Gasteiger partial charge >= 0.3 is 0 Å². The number of hydrogen-bond acceptors (Lipinski definition) is 3. The molecule has 2 N–H and O–H groups in total. The molecular formula is C17H14Cl4N2O3. The van der Waals surface area contributed by atoms with Gasteiger partial charge in [-0.2, -0.15) is 0 Å². The van der Waals surface area contributed by atoms with Crippen LogP contribution in [0.1, 0.15) is 23.2 Å². The summed E-state index contributed by atoms with van der Waals surface area (Å²) in [5.41, 5.74) is 4.81. The Bertz CT molecular complexity index is 815. The first-order valence-corrected chi connectivity index (χ1v) is 9.00. The van der Waals surface area contributed by atoms with Crippen molar-refractivity contribution in [2.45, 2.75) is 12.8 Å². The molecule has 0 radical (unpaired) electrons. The molecule has 0 aliphatic rings. The molecule has 0 saturated heterocycles. The van der Waals surface area contributed by atoms with Crippen LogP contribution in [-0.2, 0) is 4.79 Å². The highest BCUT2D eigenvalue weighted by Crippen LogP contribution is 2.27. The van der Waals surface area contributed by atoms with Crippen LogP contribution in [0.3, 0.4) is 0 Å². The van der Waals surface area contributed by atoms with E-state index in [0.717, 1.165) is 0 Å². The summed E-state index contributed by atoms with van der Waals surface area (Å²) in [4.78, 5) is 23.7. The molecule has 138 valence electrons. The van der Waals surface area contributed by atoms with E-state index in [1.54, 1.807) is 18.2 Å². The van der Waals surface area contributed by atoms with Gasteiger partial charge in [-0.3, -0.25) is 20.4 Å². The minimum atomic E-state index is -0.538. The number of carbonyl (C=O) groups excluding carboxylic acids is 2. The van der Waals surface area contributed by atoms with E-state index < -0.39 is 5.91 Å². The second-order valence-corrected chi connectivity index (χ2v) is 6.84. The Hall–Kier alpha value is -1.66. The number of rotatable bonds is 6. The van der Waals surface area contributed by atoms with Gasteiger partial charge in [-0.25, -0.2) is 0 Å². The third kappa shape index (κ3) is 6.25. The van der Waals surface area contributed by atoms with Crippen LogP contribution in [-0.4, -0.2) is 18.4 Å². The monoisotopic (exact) mass is 434 g/mol. The van der Waals surface area contributed by atoms with Crippen molar-refractivity contribution in [2.24, 2.45) is 0 Å². The third-order valence-corrected chi connectivity index (χ3v) is 4.27. The first-order valence-electron chi connectivity index (χ1n) is 7.49. The molecule has 0 spiro atoms. The van der Waals surface area contributed by atoms with E-state index in [0.29, 0.717) is 27.2 Å². The number of halogens is 4. The molecule has 2 rings (SSSR count). The Morgan fingerprint density at radius 2 is 1.54 bits per heavy atom. The third-order valence-electron chi connectivity index (χ3n) is 3.19. The van der Waals surface area contributed by atoms with Gasteiger partial charge in [0.05, 0.1) is 22.2 Å². The van der Waals surface area contributed by atoms with Crippen molar-refractivity contribution in [3.05, 3.63) is 62.1 Å². The molecule has 5 nitrogen and oxygen atoms in total. The van der Waals surface area contributed by atoms with Gasteiger partial charge < -0.3 is 4.74 Å². The number of carbonyl (C=O) groups is 2. The lowest BCUT2D eigenvalue weighted by Gasteiger charge is -2.10. The van der Waals surface area contributed by atoms with Gasteiger partial charge in [0, 0.05) is 16.5 Å². The molecule has 0 bridgehead atoms. The standard InChI is InChI=1S/C17H14Cl4N2O3/c18-10-3-5-12(13(20)8-10)17(25)23-22-16(24)2-1-7-26-15-6-4-11(19)9-14(15)21/h3-6,8-9H,1-2,7H2,(H,22,24)(H,23,25). The predicted octanol–water partition coefficient (Wildman–Crippen LogP) is 4.92. The predicted molar refractivity (Wildman–Crippen MR) is 103 cm³/mol. The number of amides is 2. The summed E-state index contributed by atoms with van der Waals surface area (Å²) < 4.78 is 5.48. The summed E-state index contributed by atoms with van der Waals surface area (Å²) >= 11 is 23.5. The molecule has 9 heteroatoms. The quantitative estimate of drug-likeness (QED) is 0.499. The molecule has 26 heavy (non-hydrogen) atoms. The maximum Gasteiger partial charge on any atom is 0.271 e. The van der Waals surface area contributed by atoms with Crippen molar-refractivity contribution in [2.75, 3.05) is 6.61 Å². The number of benzene rings is 2. The van der Waals surface area contributed by atoms with E-state index in [9.17, 15) is 9.59 Å². The fourth-order valence-corrected chi connectivity index (χ4v) is 2.89. The van der Waals surface area contributed by atoms with Gasteiger partial charge in [-0.15, -0.1) is 0 Å². The molecule has 0 aliphatic carbocycles. The molecule has 0 heterocycles. The van der Waals surface area contributed by atoms with Crippen LogP contribution in [0.5, 0.6) is 5.75 Å². The van der Waals surface area contributed by atoms with Crippen LogP contribution >= 0.6 is 46.4 Å². The Morgan fingerprint density at radius 1 is 0.885 bits per heavy atom.